The molecule has 224 valence electrons. The lowest BCUT2D eigenvalue weighted by atomic mass is 9.67. The minimum Gasteiger partial charge on any atom is -0.309 e. The van der Waals surface area contributed by atoms with Crippen LogP contribution in [0.25, 0.3) is 60.5 Å². The van der Waals surface area contributed by atoms with E-state index in [0.29, 0.717) is 0 Å². The molecule has 0 bridgehead atoms. The number of hydrogen-bond acceptors (Lipinski definition) is 0. The van der Waals surface area contributed by atoms with Crippen LogP contribution < -0.4 is 0 Å². The van der Waals surface area contributed by atoms with E-state index >= 15 is 0 Å². The summed E-state index contributed by atoms with van der Waals surface area (Å²) in [6.07, 6.45) is 0. The van der Waals surface area contributed by atoms with Crippen LogP contribution in [-0.4, -0.2) is 4.57 Å². The predicted octanol–water partition coefficient (Wildman–Crippen LogP) is 12.0. The molecule has 48 heavy (non-hydrogen) atoms. The van der Waals surface area contributed by atoms with Gasteiger partial charge in [-0.15, -0.1) is 0 Å². The first-order chi connectivity index (χ1) is 23.8. The molecule has 0 N–H and O–H groups in total. The van der Waals surface area contributed by atoms with Gasteiger partial charge in [-0.3, -0.25) is 0 Å². The first kappa shape index (κ1) is 27.0. The first-order valence-electron chi connectivity index (χ1n) is 16.7. The lowest BCUT2D eigenvalue weighted by Gasteiger charge is -2.34. The smallest absolute Gasteiger partial charge is 0.0713 e. The standard InChI is InChI=1S/C47H31N/c1-3-15-33(16-4-1)47(34-17-5-2-6-18-34)42-24-12-9-20-37(42)38-28-27-32(31-43(38)47)35-29-30-46(39-21-8-7-19-36(35)39)48-44-25-13-10-22-40(44)41-23-11-14-26-45(41)48/h1-31H. The molecular formula is C47H31N. The quantitative estimate of drug-likeness (QED) is 0.187. The summed E-state index contributed by atoms with van der Waals surface area (Å²) in [7, 11) is 0. The summed E-state index contributed by atoms with van der Waals surface area (Å²) in [6, 6.07) is 69.3. The zero-order valence-corrected chi connectivity index (χ0v) is 26.3. The molecule has 0 radical (unpaired) electrons. The number of nitrogens with zero attached hydrogens (tertiary/aromatic N) is 1. The summed E-state index contributed by atoms with van der Waals surface area (Å²) < 4.78 is 2.44. The molecule has 1 aromatic heterocycles. The Balaban J connectivity index is 1.24. The van der Waals surface area contributed by atoms with Gasteiger partial charge in [0.15, 0.2) is 0 Å². The Morgan fingerprint density at radius 3 is 1.50 bits per heavy atom. The molecular weight excluding hydrogens is 579 g/mol. The van der Waals surface area contributed by atoms with Gasteiger partial charge >= 0.3 is 0 Å². The molecule has 0 spiro atoms. The van der Waals surface area contributed by atoms with Crippen molar-refractivity contribution in [3.05, 3.63) is 210 Å². The maximum atomic E-state index is 2.47. The van der Waals surface area contributed by atoms with Crippen molar-refractivity contribution in [2.24, 2.45) is 0 Å². The van der Waals surface area contributed by atoms with Crippen LogP contribution in [-0.2, 0) is 5.41 Å². The molecule has 1 aliphatic rings. The van der Waals surface area contributed by atoms with Crippen molar-refractivity contribution in [3.8, 4) is 27.9 Å². The van der Waals surface area contributed by atoms with Crippen LogP contribution in [0, 0.1) is 0 Å². The van der Waals surface area contributed by atoms with Crippen LogP contribution in [0.15, 0.2) is 188 Å². The van der Waals surface area contributed by atoms with Crippen LogP contribution >= 0.6 is 0 Å². The minimum atomic E-state index is -0.427. The van der Waals surface area contributed by atoms with Gasteiger partial charge in [-0.2, -0.15) is 0 Å². The Hall–Kier alpha value is -6.18. The third kappa shape index (κ3) is 3.67. The summed E-state index contributed by atoms with van der Waals surface area (Å²) in [5.41, 5.74) is 13.5. The zero-order valence-electron chi connectivity index (χ0n) is 26.3. The molecule has 0 saturated heterocycles. The number of fused-ring (bicyclic) bond motifs is 7. The molecule has 10 rings (SSSR count). The zero-order chi connectivity index (χ0) is 31.7. The van der Waals surface area contributed by atoms with Gasteiger partial charge in [-0.25, -0.2) is 0 Å². The molecule has 0 saturated carbocycles. The van der Waals surface area contributed by atoms with Crippen molar-refractivity contribution < 1.29 is 0 Å². The van der Waals surface area contributed by atoms with E-state index in [9.17, 15) is 0 Å². The predicted molar refractivity (Wildman–Crippen MR) is 201 cm³/mol. The van der Waals surface area contributed by atoms with Crippen molar-refractivity contribution in [2.45, 2.75) is 5.41 Å². The summed E-state index contributed by atoms with van der Waals surface area (Å²) in [4.78, 5) is 0. The lowest BCUT2D eigenvalue weighted by molar-refractivity contribution is 0.769. The molecule has 1 heteroatoms. The normalized spacial score (nSPS) is 13.2. The van der Waals surface area contributed by atoms with E-state index in [0.717, 1.165) is 0 Å². The summed E-state index contributed by atoms with van der Waals surface area (Å²) >= 11 is 0. The third-order valence-corrected chi connectivity index (χ3v) is 10.5. The van der Waals surface area contributed by atoms with Crippen molar-refractivity contribution in [3.63, 3.8) is 0 Å². The molecule has 0 atom stereocenters. The Morgan fingerprint density at radius 2 is 0.833 bits per heavy atom. The van der Waals surface area contributed by atoms with Gasteiger partial charge in [0.2, 0.25) is 0 Å². The number of hydrogen-bond donors (Lipinski definition) is 0. The highest BCUT2D eigenvalue weighted by molar-refractivity contribution is 6.11. The molecule has 8 aromatic carbocycles. The van der Waals surface area contributed by atoms with Crippen LogP contribution in [0.1, 0.15) is 22.3 Å². The second-order valence-electron chi connectivity index (χ2n) is 12.8. The fraction of sp³-hybridized carbons (Fsp3) is 0.0213. The monoisotopic (exact) mass is 609 g/mol. The summed E-state index contributed by atoms with van der Waals surface area (Å²) in [5.74, 6) is 0. The molecule has 1 heterocycles. The van der Waals surface area contributed by atoms with E-state index in [1.807, 2.05) is 0 Å². The van der Waals surface area contributed by atoms with Crippen molar-refractivity contribution >= 4 is 32.6 Å². The van der Waals surface area contributed by atoms with E-state index in [1.165, 1.54) is 82.8 Å². The fourth-order valence-electron chi connectivity index (χ4n) is 8.52. The molecule has 0 aliphatic heterocycles. The summed E-state index contributed by atoms with van der Waals surface area (Å²) in [6.45, 7) is 0. The molecule has 0 amide bonds. The topological polar surface area (TPSA) is 4.93 Å². The lowest BCUT2D eigenvalue weighted by Crippen LogP contribution is -2.28. The van der Waals surface area contributed by atoms with Gasteiger partial charge in [0.25, 0.3) is 0 Å². The maximum absolute atomic E-state index is 2.47. The number of para-hydroxylation sites is 2. The van der Waals surface area contributed by atoms with E-state index in [1.54, 1.807) is 0 Å². The van der Waals surface area contributed by atoms with E-state index in [-0.39, 0.29) is 0 Å². The second kappa shape index (κ2) is 10.4. The van der Waals surface area contributed by atoms with Gasteiger partial charge in [0.1, 0.15) is 0 Å². The molecule has 0 fully saturated rings. The Morgan fingerprint density at radius 1 is 0.333 bits per heavy atom. The first-order valence-corrected chi connectivity index (χ1v) is 16.7. The highest BCUT2D eigenvalue weighted by Crippen LogP contribution is 2.56. The minimum absolute atomic E-state index is 0.427. The molecule has 0 unspecified atom stereocenters. The average Bonchev–Trinajstić information content (AvgIpc) is 3.66. The molecule has 1 nitrogen and oxygen atoms in total. The van der Waals surface area contributed by atoms with Crippen LogP contribution in [0.5, 0.6) is 0 Å². The molecule has 9 aromatic rings. The fourth-order valence-corrected chi connectivity index (χ4v) is 8.52. The molecule has 1 aliphatic carbocycles. The summed E-state index contributed by atoms with van der Waals surface area (Å²) in [5, 5.41) is 5.04. The Bertz CT molecular complexity index is 2570. The van der Waals surface area contributed by atoms with E-state index in [2.05, 4.69) is 193 Å². The van der Waals surface area contributed by atoms with Gasteiger partial charge in [0.05, 0.1) is 22.1 Å². The number of benzene rings is 8. The highest BCUT2D eigenvalue weighted by atomic mass is 15.0. The van der Waals surface area contributed by atoms with Crippen LogP contribution in [0.4, 0.5) is 0 Å². The number of rotatable bonds is 4. The highest BCUT2D eigenvalue weighted by Gasteiger charge is 2.46. The van der Waals surface area contributed by atoms with Gasteiger partial charge < -0.3 is 4.57 Å². The van der Waals surface area contributed by atoms with Gasteiger partial charge in [0, 0.05) is 16.2 Å². The van der Waals surface area contributed by atoms with Crippen molar-refractivity contribution in [1.29, 1.82) is 0 Å². The van der Waals surface area contributed by atoms with Crippen LogP contribution in [0.3, 0.4) is 0 Å². The second-order valence-corrected chi connectivity index (χ2v) is 12.8. The number of aromatic nitrogens is 1. The van der Waals surface area contributed by atoms with Gasteiger partial charge in [-0.05, 0) is 74.2 Å². The van der Waals surface area contributed by atoms with E-state index < -0.39 is 5.41 Å². The SMILES string of the molecule is c1ccc(C2(c3ccccc3)c3ccccc3-c3ccc(-c4ccc(-n5c6ccccc6c6ccccc65)c5ccccc45)cc32)cc1. The van der Waals surface area contributed by atoms with Crippen LogP contribution in [0.2, 0.25) is 0 Å². The maximum Gasteiger partial charge on any atom is 0.0713 e. The van der Waals surface area contributed by atoms with E-state index in [4.69, 9.17) is 0 Å². The van der Waals surface area contributed by atoms with Gasteiger partial charge in [-0.1, -0.05) is 164 Å². The van der Waals surface area contributed by atoms with Crippen molar-refractivity contribution in [2.75, 3.05) is 0 Å². The Kier molecular flexibility index (Phi) is 5.86. The largest absolute Gasteiger partial charge is 0.309 e. The third-order valence-electron chi connectivity index (χ3n) is 10.5. The Labute approximate surface area is 280 Å². The average molecular weight is 610 g/mol. The van der Waals surface area contributed by atoms with Crippen molar-refractivity contribution in [1.82, 2.24) is 4.57 Å².